The van der Waals surface area contributed by atoms with E-state index < -0.39 is 5.60 Å². The fourth-order valence-corrected chi connectivity index (χ4v) is 2.80. The standard InChI is InChI=1S/C16H15BrClFO/c1-2-16(20,12-4-3-5-13(17)9-12)10-11-8-14(18)6-7-15(11)19/h3-9,20H,2,10H2,1H3. The van der Waals surface area contributed by atoms with Crippen LogP contribution in [0.4, 0.5) is 4.39 Å². The summed E-state index contributed by atoms with van der Waals surface area (Å²) in [6, 6.07) is 11.8. The predicted molar refractivity (Wildman–Crippen MR) is 83.4 cm³/mol. The van der Waals surface area contributed by atoms with Gasteiger partial charge in [0.25, 0.3) is 0 Å². The Morgan fingerprint density at radius 3 is 2.65 bits per heavy atom. The van der Waals surface area contributed by atoms with Gasteiger partial charge in [-0.15, -0.1) is 0 Å². The summed E-state index contributed by atoms with van der Waals surface area (Å²) < 4.78 is 14.7. The molecule has 0 saturated carbocycles. The van der Waals surface area contributed by atoms with E-state index in [9.17, 15) is 9.50 Å². The average Bonchev–Trinajstić information content (AvgIpc) is 2.43. The third-order valence-electron chi connectivity index (χ3n) is 3.44. The first-order valence-corrected chi connectivity index (χ1v) is 7.54. The van der Waals surface area contributed by atoms with Crippen LogP contribution in [0.5, 0.6) is 0 Å². The highest BCUT2D eigenvalue weighted by atomic mass is 79.9. The maximum Gasteiger partial charge on any atom is 0.126 e. The van der Waals surface area contributed by atoms with E-state index >= 15 is 0 Å². The lowest BCUT2D eigenvalue weighted by atomic mass is 9.85. The lowest BCUT2D eigenvalue weighted by molar-refractivity contribution is 0.0318. The zero-order valence-electron chi connectivity index (χ0n) is 11.0. The van der Waals surface area contributed by atoms with Crippen molar-refractivity contribution >= 4 is 27.5 Å². The smallest absolute Gasteiger partial charge is 0.126 e. The molecular formula is C16H15BrClFO. The molecule has 4 heteroatoms. The lowest BCUT2D eigenvalue weighted by Gasteiger charge is -2.28. The fourth-order valence-electron chi connectivity index (χ4n) is 2.20. The molecule has 106 valence electrons. The summed E-state index contributed by atoms with van der Waals surface area (Å²) in [7, 11) is 0. The van der Waals surface area contributed by atoms with Crippen molar-refractivity contribution in [3.05, 3.63) is 68.9 Å². The van der Waals surface area contributed by atoms with Crippen molar-refractivity contribution in [3.63, 3.8) is 0 Å². The van der Waals surface area contributed by atoms with Crippen molar-refractivity contribution in [2.45, 2.75) is 25.4 Å². The van der Waals surface area contributed by atoms with Crippen LogP contribution in [0.3, 0.4) is 0 Å². The Bertz CT molecular complexity index is 617. The van der Waals surface area contributed by atoms with E-state index in [-0.39, 0.29) is 12.2 Å². The largest absolute Gasteiger partial charge is 0.385 e. The van der Waals surface area contributed by atoms with Gasteiger partial charge in [0.1, 0.15) is 5.82 Å². The van der Waals surface area contributed by atoms with Crippen LogP contribution in [0.25, 0.3) is 0 Å². The van der Waals surface area contributed by atoms with Crippen molar-refractivity contribution in [3.8, 4) is 0 Å². The van der Waals surface area contributed by atoms with Crippen molar-refractivity contribution < 1.29 is 9.50 Å². The molecule has 0 aliphatic carbocycles. The molecule has 2 aromatic carbocycles. The Hall–Kier alpha value is -0.900. The summed E-state index contributed by atoms with van der Waals surface area (Å²) in [6.45, 7) is 1.88. The van der Waals surface area contributed by atoms with Gasteiger partial charge in [-0.25, -0.2) is 4.39 Å². The Morgan fingerprint density at radius 1 is 1.25 bits per heavy atom. The van der Waals surface area contributed by atoms with Gasteiger partial charge in [0.05, 0.1) is 5.60 Å². The molecule has 20 heavy (non-hydrogen) atoms. The van der Waals surface area contributed by atoms with E-state index in [1.165, 1.54) is 12.1 Å². The van der Waals surface area contributed by atoms with Crippen molar-refractivity contribution in [1.82, 2.24) is 0 Å². The van der Waals surface area contributed by atoms with Crippen LogP contribution < -0.4 is 0 Å². The summed E-state index contributed by atoms with van der Waals surface area (Å²) >= 11 is 9.29. The Morgan fingerprint density at radius 2 is 2.00 bits per heavy atom. The molecule has 1 nitrogen and oxygen atoms in total. The Labute approximate surface area is 131 Å². The van der Waals surface area contributed by atoms with Gasteiger partial charge < -0.3 is 5.11 Å². The predicted octanol–water partition coefficient (Wildman–Crippen LogP) is 5.08. The molecule has 0 spiro atoms. The monoisotopic (exact) mass is 356 g/mol. The summed E-state index contributed by atoms with van der Waals surface area (Å²) in [5.74, 6) is -0.351. The fraction of sp³-hybridized carbons (Fsp3) is 0.250. The molecular weight excluding hydrogens is 343 g/mol. The summed E-state index contributed by atoms with van der Waals surface area (Å²) in [5.41, 5.74) is 0.0607. The molecule has 1 atom stereocenters. The van der Waals surface area contributed by atoms with Gasteiger partial charge >= 0.3 is 0 Å². The number of hydrogen-bond acceptors (Lipinski definition) is 1. The highest BCUT2D eigenvalue weighted by Gasteiger charge is 2.29. The molecule has 2 rings (SSSR count). The van der Waals surface area contributed by atoms with E-state index in [1.807, 2.05) is 31.2 Å². The maximum absolute atomic E-state index is 13.9. The van der Waals surface area contributed by atoms with Gasteiger partial charge in [-0.2, -0.15) is 0 Å². The Kier molecular flexibility index (Phi) is 4.84. The molecule has 0 aliphatic rings. The number of hydrogen-bond donors (Lipinski definition) is 1. The van der Waals surface area contributed by atoms with Crippen LogP contribution in [0.15, 0.2) is 46.9 Å². The summed E-state index contributed by atoms with van der Waals surface area (Å²) in [6.07, 6.45) is 0.668. The number of rotatable bonds is 4. The minimum atomic E-state index is -1.12. The van der Waals surface area contributed by atoms with Crippen molar-refractivity contribution in [1.29, 1.82) is 0 Å². The normalized spacial score (nSPS) is 14.1. The molecule has 0 fully saturated rings. The van der Waals surface area contributed by atoms with Crippen LogP contribution in [0, 0.1) is 5.82 Å². The van der Waals surface area contributed by atoms with Gasteiger partial charge in [-0.3, -0.25) is 0 Å². The highest BCUT2D eigenvalue weighted by Crippen LogP contribution is 2.32. The first kappa shape index (κ1) is 15.5. The molecule has 0 aromatic heterocycles. The van der Waals surface area contributed by atoms with Crippen molar-refractivity contribution in [2.24, 2.45) is 0 Å². The van der Waals surface area contributed by atoms with Gasteiger partial charge in [0.15, 0.2) is 0 Å². The summed E-state index contributed by atoms with van der Waals surface area (Å²) in [4.78, 5) is 0. The van der Waals surface area contributed by atoms with E-state index in [0.29, 0.717) is 17.0 Å². The van der Waals surface area contributed by atoms with Gasteiger partial charge in [0, 0.05) is 15.9 Å². The second kappa shape index (κ2) is 6.25. The van der Waals surface area contributed by atoms with E-state index in [2.05, 4.69) is 15.9 Å². The third-order valence-corrected chi connectivity index (χ3v) is 4.17. The first-order valence-electron chi connectivity index (χ1n) is 6.37. The van der Waals surface area contributed by atoms with E-state index in [0.717, 1.165) is 10.0 Å². The first-order chi connectivity index (χ1) is 9.44. The van der Waals surface area contributed by atoms with Crippen LogP contribution in [-0.2, 0) is 12.0 Å². The minimum Gasteiger partial charge on any atom is -0.385 e. The van der Waals surface area contributed by atoms with Crippen LogP contribution in [0.2, 0.25) is 5.02 Å². The Balaban J connectivity index is 2.39. The number of halogens is 3. The zero-order chi connectivity index (χ0) is 14.8. The van der Waals surface area contributed by atoms with Gasteiger partial charge in [-0.1, -0.05) is 46.6 Å². The average molecular weight is 358 g/mol. The molecule has 0 aliphatic heterocycles. The molecule has 0 heterocycles. The highest BCUT2D eigenvalue weighted by molar-refractivity contribution is 9.10. The number of aliphatic hydroxyl groups is 1. The SMILES string of the molecule is CCC(O)(Cc1cc(Cl)ccc1F)c1cccc(Br)c1. The van der Waals surface area contributed by atoms with Crippen LogP contribution in [0.1, 0.15) is 24.5 Å². The second-order valence-corrected chi connectivity index (χ2v) is 6.16. The molecule has 1 unspecified atom stereocenters. The molecule has 1 N–H and O–H groups in total. The zero-order valence-corrected chi connectivity index (χ0v) is 13.4. The van der Waals surface area contributed by atoms with E-state index in [4.69, 9.17) is 11.6 Å². The molecule has 0 amide bonds. The molecule has 0 saturated heterocycles. The molecule has 0 bridgehead atoms. The topological polar surface area (TPSA) is 20.2 Å². The van der Waals surface area contributed by atoms with Crippen molar-refractivity contribution in [2.75, 3.05) is 0 Å². The quantitative estimate of drug-likeness (QED) is 0.809. The second-order valence-electron chi connectivity index (χ2n) is 4.81. The maximum atomic E-state index is 13.9. The molecule has 0 radical (unpaired) electrons. The molecule has 2 aromatic rings. The number of benzene rings is 2. The van der Waals surface area contributed by atoms with E-state index in [1.54, 1.807) is 6.07 Å². The lowest BCUT2D eigenvalue weighted by Crippen LogP contribution is -2.28. The summed E-state index contributed by atoms with van der Waals surface area (Å²) in [5, 5.41) is 11.3. The van der Waals surface area contributed by atoms with Gasteiger partial charge in [-0.05, 0) is 47.9 Å². The third kappa shape index (κ3) is 3.40. The van der Waals surface area contributed by atoms with Crippen LogP contribution >= 0.6 is 27.5 Å². The minimum absolute atomic E-state index is 0.187. The van der Waals surface area contributed by atoms with Crippen LogP contribution in [-0.4, -0.2) is 5.11 Å². The van der Waals surface area contributed by atoms with Gasteiger partial charge in [0.2, 0.25) is 0 Å².